The smallest absolute Gasteiger partial charge is 0.290 e. The van der Waals surface area contributed by atoms with Crippen LogP contribution < -0.4 is 9.47 Å². The van der Waals surface area contributed by atoms with Gasteiger partial charge in [-0.2, -0.15) is 0 Å². The van der Waals surface area contributed by atoms with Gasteiger partial charge in [0.1, 0.15) is 0 Å². The van der Waals surface area contributed by atoms with E-state index >= 15 is 0 Å². The van der Waals surface area contributed by atoms with Crippen LogP contribution in [0.5, 0.6) is 17.2 Å². The number of benzene rings is 1. The first kappa shape index (κ1) is 14.2. The normalized spacial score (nSPS) is 12.6. The lowest BCUT2D eigenvalue weighted by Gasteiger charge is -2.23. The lowest BCUT2D eigenvalue weighted by molar-refractivity contribution is -0.122. The molecule has 1 heterocycles. The van der Waals surface area contributed by atoms with Crippen molar-refractivity contribution in [2.24, 2.45) is 0 Å². The number of phenolic OH excluding ortho intramolecular Hbond substituents is 1. The van der Waals surface area contributed by atoms with Crippen LogP contribution in [0.2, 0.25) is 0 Å². The average molecular weight is 254 g/mol. The zero-order chi connectivity index (χ0) is 13.8. The maximum absolute atomic E-state index is 9.77. The summed E-state index contributed by atoms with van der Waals surface area (Å²) in [6, 6.07) is 3.71. The Hall–Kier alpha value is -1.91. The van der Waals surface area contributed by atoms with Gasteiger partial charge in [-0.15, -0.1) is 0 Å². The molecule has 2 rings (SSSR count). The molecule has 5 heteroatoms. The Balaban J connectivity index is 0.000000492. The lowest BCUT2D eigenvalue weighted by atomic mass is 9.82. The van der Waals surface area contributed by atoms with Gasteiger partial charge in [0, 0.05) is 0 Å². The summed E-state index contributed by atoms with van der Waals surface area (Å²) < 4.78 is 10.4. The zero-order valence-electron chi connectivity index (χ0n) is 10.8. The fourth-order valence-corrected chi connectivity index (χ4v) is 1.59. The summed E-state index contributed by atoms with van der Waals surface area (Å²) in [7, 11) is 0. The second-order valence-corrected chi connectivity index (χ2v) is 4.57. The Kier molecular flexibility index (Phi) is 4.42. The van der Waals surface area contributed by atoms with E-state index in [1.54, 1.807) is 6.07 Å². The van der Waals surface area contributed by atoms with Gasteiger partial charge in [0.05, 0.1) is 0 Å². The van der Waals surface area contributed by atoms with Crippen molar-refractivity contribution in [1.29, 1.82) is 0 Å². The fourth-order valence-electron chi connectivity index (χ4n) is 1.59. The van der Waals surface area contributed by atoms with E-state index in [4.69, 9.17) is 19.4 Å². The Morgan fingerprint density at radius 1 is 1.39 bits per heavy atom. The molecule has 0 aromatic heterocycles. The number of rotatable bonds is 2. The van der Waals surface area contributed by atoms with Crippen LogP contribution in [0.4, 0.5) is 0 Å². The van der Waals surface area contributed by atoms with Crippen molar-refractivity contribution in [3.8, 4) is 17.2 Å². The third kappa shape index (κ3) is 2.85. The van der Waals surface area contributed by atoms with Gasteiger partial charge >= 0.3 is 0 Å². The molecular formula is C13H18O5. The minimum absolute atomic E-state index is 0.0401. The van der Waals surface area contributed by atoms with Crippen LogP contribution in [0.25, 0.3) is 0 Å². The van der Waals surface area contributed by atoms with Crippen molar-refractivity contribution in [1.82, 2.24) is 0 Å². The van der Waals surface area contributed by atoms with Crippen LogP contribution in [0.3, 0.4) is 0 Å². The first-order chi connectivity index (χ1) is 8.46. The van der Waals surface area contributed by atoms with Gasteiger partial charge in [0.25, 0.3) is 6.47 Å². The van der Waals surface area contributed by atoms with Gasteiger partial charge in [0.2, 0.25) is 12.5 Å². The maximum Gasteiger partial charge on any atom is 0.290 e. The second-order valence-electron chi connectivity index (χ2n) is 4.57. The Morgan fingerprint density at radius 2 is 2.00 bits per heavy atom. The summed E-state index contributed by atoms with van der Waals surface area (Å²) in [5.41, 5.74) is 1.12. The highest BCUT2D eigenvalue weighted by molar-refractivity contribution is 5.55. The van der Waals surface area contributed by atoms with E-state index < -0.39 is 0 Å². The van der Waals surface area contributed by atoms with Crippen molar-refractivity contribution in [2.45, 2.75) is 32.6 Å². The van der Waals surface area contributed by atoms with Crippen molar-refractivity contribution >= 4 is 6.47 Å². The van der Waals surface area contributed by atoms with E-state index in [1.165, 1.54) is 0 Å². The van der Waals surface area contributed by atoms with Crippen LogP contribution in [-0.4, -0.2) is 23.5 Å². The SMILES string of the molecule is CCC(C)(C)c1cc(O)c2c(c1)OCO2.O=CO. The number of carbonyl (C=O) groups is 1. The minimum atomic E-state index is -0.250. The predicted octanol–water partition coefficient (Wildman–Crippen LogP) is 2.51. The molecule has 0 saturated heterocycles. The van der Waals surface area contributed by atoms with Crippen LogP contribution in [0, 0.1) is 0 Å². The molecule has 0 bridgehead atoms. The van der Waals surface area contributed by atoms with Crippen molar-refractivity contribution in [3.05, 3.63) is 17.7 Å². The maximum atomic E-state index is 9.77. The standard InChI is InChI=1S/C12H16O3.CH2O2/c1-4-12(2,3)8-5-9(13)11-10(6-8)14-7-15-11;2-1-3/h5-6,13H,4,7H2,1-3H3;1H,(H,2,3). The molecule has 0 saturated carbocycles. The van der Waals surface area contributed by atoms with E-state index in [-0.39, 0.29) is 24.4 Å². The number of hydrogen-bond acceptors (Lipinski definition) is 4. The van der Waals surface area contributed by atoms with Gasteiger partial charge in [-0.3, -0.25) is 4.79 Å². The molecule has 0 radical (unpaired) electrons. The highest BCUT2D eigenvalue weighted by atomic mass is 16.7. The zero-order valence-corrected chi connectivity index (χ0v) is 10.8. The van der Waals surface area contributed by atoms with Crippen LogP contribution in [0.15, 0.2) is 12.1 Å². The number of phenols is 1. The van der Waals surface area contributed by atoms with Crippen molar-refractivity contribution < 1.29 is 24.5 Å². The molecule has 1 aromatic carbocycles. The number of aromatic hydroxyl groups is 1. The number of ether oxygens (including phenoxy) is 2. The summed E-state index contributed by atoms with van der Waals surface area (Å²) in [4.78, 5) is 8.36. The van der Waals surface area contributed by atoms with Gasteiger partial charge in [-0.25, -0.2) is 0 Å². The molecule has 0 atom stereocenters. The van der Waals surface area contributed by atoms with E-state index in [1.807, 2.05) is 6.07 Å². The molecule has 0 spiro atoms. The summed E-state index contributed by atoms with van der Waals surface area (Å²) in [6.45, 7) is 6.36. The van der Waals surface area contributed by atoms with Gasteiger partial charge in [0.15, 0.2) is 11.5 Å². The van der Waals surface area contributed by atoms with Gasteiger partial charge in [-0.1, -0.05) is 20.8 Å². The molecule has 5 nitrogen and oxygen atoms in total. The van der Waals surface area contributed by atoms with E-state index in [2.05, 4.69) is 20.8 Å². The molecule has 1 aliphatic rings. The third-order valence-corrected chi connectivity index (χ3v) is 3.12. The third-order valence-electron chi connectivity index (χ3n) is 3.12. The molecule has 1 aromatic rings. The minimum Gasteiger partial charge on any atom is -0.504 e. The van der Waals surface area contributed by atoms with E-state index in [0.717, 1.165) is 12.0 Å². The monoisotopic (exact) mass is 254 g/mol. The number of hydrogen-bond donors (Lipinski definition) is 2. The molecule has 0 amide bonds. The number of fused-ring (bicyclic) bond motifs is 1. The summed E-state index contributed by atoms with van der Waals surface area (Å²) >= 11 is 0. The average Bonchev–Trinajstić information content (AvgIpc) is 2.78. The topological polar surface area (TPSA) is 76.0 Å². The van der Waals surface area contributed by atoms with E-state index in [0.29, 0.717) is 11.5 Å². The second kappa shape index (κ2) is 5.62. The molecule has 0 aliphatic carbocycles. The molecule has 100 valence electrons. The highest BCUT2D eigenvalue weighted by Crippen LogP contribution is 2.44. The lowest BCUT2D eigenvalue weighted by Crippen LogP contribution is -2.15. The van der Waals surface area contributed by atoms with Gasteiger partial charge < -0.3 is 19.7 Å². The fraction of sp³-hybridized carbons (Fsp3) is 0.462. The first-order valence-corrected chi connectivity index (χ1v) is 5.67. The van der Waals surface area contributed by atoms with E-state index in [9.17, 15) is 5.11 Å². The summed E-state index contributed by atoms with van der Waals surface area (Å²) in [6.07, 6.45) is 1.01. The van der Waals surface area contributed by atoms with Crippen molar-refractivity contribution in [2.75, 3.05) is 6.79 Å². The Labute approximate surface area is 106 Å². The Bertz CT molecular complexity index is 426. The highest BCUT2D eigenvalue weighted by Gasteiger charge is 2.25. The summed E-state index contributed by atoms with van der Waals surface area (Å²) in [5, 5.41) is 16.7. The molecular weight excluding hydrogens is 236 g/mol. The molecule has 0 fully saturated rings. The number of carboxylic acid groups (broad SMARTS) is 1. The predicted molar refractivity (Wildman–Crippen MR) is 66.2 cm³/mol. The van der Waals surface area contributed by atoms with Crippen molar-refractivity contribution in [3.63, 3.8) is 0 Å². The Morgan fingerprint density at radius 3 is 2.56 bits per heavy atom. The van der Waals surface area contributed by atoms with Crippen LogP contribution >= 0.6 is 0 Å². The van der Waals surface area contributed by atoms with Gasteiger partial charge in [-0.05, 0) is 29.5 Å². The van der Waals surface area contributed by atoms with Crippen LogP contribution in [-0.2, 0) is 10.2 Å². The quantitative estimate of drug-likeness (QED) is 0.793. The first-order valence-electron chi connectivity index (χ1n) is 5.67. The molecule has 18 heavy (non-hydrogen) atoms. The molecule has 1 aliphatic heterocycles. The molecule has 0 unspecified atom stereocenters. The summed E-state index contributed by atoms with van der Waals surface area (Å²) in [5.74, 6) is 1.28. The largest absolute Gasteiger partial charge is 0.504 e. The molecule has 2 N–H and O–H groups in total. The van der Waals surface area contributed by atoms with Crippen LogP contribution in [0.1, 0.15) is 32.8 Å².